The molecule has 1 fully saturated rings. The molecule has 0 saturated carbocycles. The smallest absolute Gasteiger partial charge is 0.224 e. The molecule has 0 bridgehead atoms. The molecule has 1 amide bonds. The van der Waals surface area contributed by atoms with Gasteiger partial charge in [0, 0.05) is 24.5 Å². The van der Waals surface area contributed by atoms with Gasteiger partial charge in [0.05, 0.1) is 5.92 Å². The Labute approximate surface area is 172 Å². The number of aromatic nitrogens is 2. The zero-order valence-corrected chi connectivity index (χ0v) is 17.8. The number of carbonyl (C=O) groups is 1. The van der Waals surface area contributed by atoms with E-state index < -0.39 is 0 Å². The van der Waals surface area contributed by atoms with Crippen molar-refractivity contribution >= 4 is 23.5 Å². The van der Waals surface area contributed by atoms with Crippen LogP contribution in [0.3, 0.4) is 0 Å². The zero-order valence-electron chi connectivity index (χ0n) is 17.0. The van der Waals surface area contributed by atoms with Gasteiger partial charge in [0.1, 0.15) is 5.03 Å². The van der Waals surface area contributed by atoms with E-state index in [-0.39, 0.29) is 11.8 Å². The molecule has 3 rings (SSSR count). The maximum atomic E-state index is 12.5. The summed E-state index contributed by atoms with van der Waals surface area (Å²) in [6.45, 7) is 8.83. The normalized spacial score (nSPS) is 17.0. The van der Waals surface area contributed by atoms with E-state index in [9.17, 15) is 4.79 Å². The Balaban J connectivity index is 1.55. The maximum Gasteiger partial charge on any atom is 0.224 e. The summed E-state index contributed by atoms with van der Waals surface area (Å²) in [6.07, 6.45) is 2.97. The zero-order chi connectivity index (χ0) is 19.9. The summed E-state index contributed by atoms with van der Waals surface area (Å²) in [4.78, 5) is 15.8. The van der Waals surface area contributed by atoms with Crippen molar-refractivity contribution in [1.82, 2.24) is 15.5 Å². The van der Waals surface area contributed by atoms with Crippen LogP contribution in [0.5, 0.6) is 0 Å². The van der Waals surface area contributed by atoms with Gasteiger partial charge in [-0.05, 0) is 56.4 Å². The Kier molecular flexibility index (Phi) is 7.31. The summed E-state index contributed by atoms with van der Waals surface area (Å²) in [5, 5.41) is 12.8. The number of aryl methyl sites for hydroxylation is 1. The Morgan fingerprint density at radius 1 is 1.21 bits per heavy atom. The summed E-state index contributed by atoms with van der Waals surface area (Å²) in [7, 11) is 0. The topological polar surface area (TPSA) is 58.1 Å². The molecule has 1 atom stereocenters. The van der Waals surface area contributed by atoms with Crippen molar-refractivity contribution in [2.45, 2.75) is 50.0 Å². The Morgan fingerprint density at radius 3 is 2.68 bits per heavy atom. The Morgan fingerprint density at radius 2 is 2.00 bits per heavy atom. The first kappa shape index (κ1) is 20.6. The molecule has 1 aliphatic heterocycles. The summed E-state index contributed by atoms with van der Waals surface area (Å²) in [6, 6.07) is 12.4. The second kappa shape index (κ2) is 9.92. The van der Waals surface area contributed by atoms with Gasteiger partial charge in [-0.1, -0.05) is 43.3 Å². The standard InChI is InChI=1S/C22H30N4OS/c1-16(2)12-13-23-22(27)18-5-4-14-26(15-18)20-10-11-21(25-24-20)28-19-8-6-17(3)7-9-19/h6-11,16,18H,4-5,12-15H2,1-3H3,(H,23,27)/t18-/m0/s1. The molecule has 0 spiro atoms. The van der Waals surface area contributed by atoms with Crippen LogP contribution in [-0.4, -0.2) is 35.7 Å². The van der Waals surface area contributed by atoms with Gasteiger partial charge in [-0.2, -0.15) is 0 Å². The molecular weight excluding hydrogens is 368 g/mol. The molecule has 1 saturated heterocycles. The molecule has 0 aliphatic carbocycles. The lowest BCUT2D eigenvalue weighted by atomic mass is 9.97. The van der Waals surface area contributed by atoms with E-state index >= 15 is 0 Å². The van der Waals surface area contributed by atoms with E-state index in [0.29, 0.717) is 12.5 Å². The number of nitrogens with zero attached hydrogens (tertiary/aromatic N) is 3. The van der Waals surface area contributed by atoms with Gasteiger partial charge in [-0.15, -0.1) is 10.2 Å². The Hall–Kier alpha value is -2.08. The molecule has 1 aromatic carbocycles. The molecule has 2 heterocycles. The molecule has 2 aromatic rings. The van der Waals surface area contributed by atoms with E-state index in [4.69, 9.17) is 0 Å². The lowest BCUT2D eigenvalue weighted by molar-refractivity contribution is -0.125. The third-order valence-electron chi connectivity index (χ3n) is 5.01. The number of anilines is 1. The monoisotopic (exact) mass is 398 g/mol. The van der Waals surface area contributed by atoms with E-state index in [1.54, 1.807) is 11.8 Å². The first-order chi connectivity index (χ1) is 13.5. The van der Waals surface area contributed by atoms with E-state index in [0.717, 1.165) is 48.1 Å². The van der Waals surface area contributed by atoms with Crippen molar-refractivity contribution in [2.24, 2.45) is 11.8 Å². The summed E-state index contributed by atoms with van der Waals surface area (Å²) >= 11 is 1.61. The summed E-state index contributed by atoms with van der Waals surface area (Å²) < 4.78 is 0. The molecule has 28 heavy (non-hydrogen) atoms. The van der Waals surface area contributed by atoms with Crippen LogP contribution in [0.15, 0.2) is 46.3 Å². The highest BCUT2D eigenvalue weighted by Crippen LogP contribution is 2.27. The fraction of sp³-hybridized carbons (Fsp3) is 0.500. The van der Waals surface area contributed by atoms with E-state index in [1.807, 2.05) is 12.1 Å². The summed E-state index contributed by atoms with van der Waals surface area (Å²) in [5.41, 5.74) is 1.25. The van der Waals surface area contributed by atoms with Gasteiger partial charge in [0.15, 0.2) is 5.82 Å². The number of carbonyl (C=O) groups excluding carboxylic acids is 1. The van der Waals surface area contributed by atoms with Crippen LogP contribution in [0.4, 0.5) is 5.82 Å². The van der Waals surface area contributed by atoms with E-state index in [2.05, 4.69) is 65.5 Å². The van der Waals surface area contributed by atoms with Crippen molar-refractivity contribution in [1.29, 1.82) is 0 Å². The second-order valence-corrected chi connectivity index (χ2v) is 9.00. The number of nitrogens with one attached hydrogen (secondary N) is 1. The predicted molar refractivity (Wildman–Crippen MR) is 115 cm³/mol. The first-order valence-electron chi connectivity index (χ1n) is 10.1. The number of piperidine rings is 1. The molecule has 6 heteroatoms. The highest BCUT2D eigenvalue weighted by atomic mass is 32.2. The minimum absolute atomic E-state index is 0.0318. The SMILES string of the molecule is Cc1ccc(Sc2ccc(N3CCC[C@H](C(=O)NCCC(C)C)C3)nn2)cc1. The molecule has 0 unspecified atom stereocenters. The third-order valence-corrected chi connectivity index (χ3v) is 5.94. The molecule has 5 nitrogen and oxygen atoms in total. The van der Waals surface area contributed by atoms with Gasteiger partial charge in [0.25, 0.3) is 0 Å². The van der Waals surface area contributed by atoms with Crippen molar-refractivity contribution < 1.29 is 4.79 Å². The molecule has 1 N–H and O–H groups in total. The van der Waals surface area contributed by atoms with Crippen LogP contribution in [0.2, 0.25) is 0 Å². The second-order valence-electron chi connectivity index (χ2n) is 7.90. The highest BCUT2D eigenvalue weighted by molar-refractivity contribution is 7.99. The van der Waals surface area contributed by atoms with Crippen molar-refractivity contribution in [3.63, 3.8) is 0 Å². The summed E-state index contributed by atoms with van der Waals surface area (Å²) in [5.74, 6) is 1.66. The quantitative estimate of drug-likeness (QED) is 0.753. The number of hydrogen-bond donors (Lipinski definition) is 1. The predicted octanol–water partition coefficient (Wildman–Crippen LogP) is 4.31. The molecule has 1 aliphatic rings. The third kappa shape index (κ3) is 5.96. The van der Waals surface area contributed by atoms with Crippen LogP contribution in [-0.2, 0) is 4.79 Å². The van der Waals surface area contributed by atoms with Crippen LogP contribution < -0.4 is 10.2 Å². The fourth-order valence-corrected chi connectivity index (χ4v) is 4.02. The van der Waals surface area contributed by atoms with Gasteiger partial charge >= 0.3 is 0 Å². The lowest BCUT2D eigenvalue weighted by Crippen LogP contribution is -2.43. The number of amides is 1. The lowest BCUT2D eigenvalue weighted by Gasteiger charge is -2.32. The number of benzene rings is 1. The minimum Gasteiger partial charge on any atom is -0.356 e. The molecular formula is C22H30N4OS. The van der Waals surface area contributed by atoms with Crippen LogP contribution in [0.1, 0.15) is 38.7 Å². The average Bonchev–Trinajstić information content (AvgIpc) is 2.70. The van der Waals surface area contributed by atoms with Gasteiger partial charge in [-0.25, -0.2) is 0 Å². The molecule has 1 aromatic heterocycles. The molecule has 0 radical (unpaired) electrons. The largest absolute Gasteiger partial charge is 0.356 e. The fourth-order valence-electron chi connectivity index (χ4n) is 3.29. The first-order valence-corrected chi connectivity index (χ1v) is 10.9. The van der Waals surface area contributed by atoms with Crippen molar-refractivity contribution in [3.05, 3.63) is 42.0 Å². The maximum absolute atomic E-state index is 12.5. The van der Waals surface area contributed by atoms with Crippen molar-refractivity contribution in [3.8, 4) is 0 Å². The van der Waals surface area contributed by atoms with Crippen molar-refractivity contribution in [2.75, 3.05) is 24.5 Å². The highest BCUT2D eigenvalue weighted by Gasteiger charge is 2.26. The van der Waals surface area contributed by atoms with Gasteiger partial charge in [0.2, 0.25) is 5.91 Å². The number of hydrogen-bond acceptors (Lipinski definition) is 5. The Bertz CT molecular complexity index is 761. The van der Waals surface area contributed by atoms with Gasteiger partial charge in [-0.3, -0.25) is 4.79 Å². The van der Waals surface area contributed by atoms with Crippen LogP contribution >= 0.6 is 11.8 Å². The van der Waals surface area contributed by atoms with Crippen LogP contribution in [0, 0.1) is 18.8 Å². The van der Waals surface area contributed by atoms with Crippen LogP contribution in [0.25, 0.3) is 0 Å². The van der Waals surface area contributed by atoms with E-state index in [1.165, 1.54) is 5.56 Å². The minimum atomic E-state index is 0.0318. The average molecular weight is 399 g/mol. The van der Waals surface area contributed by atoms with Gasteiger partial charge < -0.3 is 10.2 Å². The molecule has 150 valence electrons. The number of rotatable bonds is 7.